The van der Waals surface area contributed by atoms with Crippen LogP contribution in [0.5, 0.6) is 0 Å². The topological polar surface area (TPSA) is 94.1 Å². The number of nitrogens with two attached hydrogens (primary N) is 1. The highest BCUT2D eigenvalue weighted by Crippen LogP contribution is 2.22. The van der Waals surface area contributed by atoms with Crippen molar-refractivity contribution in [2.24, 2.45) is 5.10 Å². The monoisotopic (exact) mass is 343 g/mol. The number of hydrazine groups is 1. The van der Waals surface area contributed by atoms with E-state index in [4.69, 9.17) is 16.2 Å². The Labute approximate surface area is 151 Å². The fraction of sp³-hybridized carbons (Fsp3) is 0. The van der Waals surface area contributed by atoms with Crippen molar-refractivity contribution in [1.82, 2.24) is 0 Å². The van der Waals surface area contributed by atoms with Crippen LogP contribution in [0, 0.1) is 0 Å². The molecule has 0 aliphatic carbocycles. The van der Waals surface area contributed by atoms with Crippen molar-refractivity contribution in [2.45, 2.75) is 0 Å². The number of hydrazone groups is 1. The number of para-hydroxylation sites is 2. The molecular weight excluding hydrogens is 326 g/mol. The number of hydrogen-bond donors (Lipinski definition) is 1. The lowest BCUT2D eigenvalue weighted by atomic mass is 10.2. The van der Waals surface area contributed by atoms with Crippen LogP contribution < -0.4 is 15.7 Å². The molecule has 7 nitrogen and oxygen atoms in total. The van der Waals surface area contributed by atoms with Crippen LogP contribution in [-0.4, -0.2) is 5.84 Å². The standard InChI is InChI=1S/C19H16N4.N3/c1-4-10-16(11-5-1)19-20-22(17-12-6-2-7-13-17)23(21-19)18-14-8-3-9-15-18;1-3-2/h1-15H,(H,20,21);/q;-1/p+1. The maximum Gasteiger partial charge on any atom is 0.277 e. The van der Waals surface area contributed by atoms with Crippen LogP contribution in [0.2, 0.25) is 0 Å². The summed E-state index contributed by atoms with van der Waals surface area (Å²) in [6, 6.07) is 30.6. The molecule has 3 aromatic rings. The summed E-state index contributed by atoms with van der Waals surface area (Å²) in [6.45, 7) is 0. The molecule has 0 saturated carbocycles. The molecule has 3 aromatic carbocycles. The first-order valence-electron chi connectivity index (χ1n) is 8.00. The lowest BCUT2D eigenvalue weighted by Crippen LogP contribution is -2.96. The molecule has 1 heterocycles. The van der Waals surface area contributed by atoms with E-state index in [2.05, 4.69) is 46.9 Å². The minimum atomic E-state index is 0.943. The maximum absolute atomic E-state index is 6.75. The Kier molecular flexibility index (Phi) is 5.47. The summed E-state index contributed by atoms with van der Waals surface area (Å²) in [7, 11) is 0. The summed E-state index contributed by atoms with van der Waals surface area (Å²) in [5.74, 6) is 0.943. The second-order valence-electron chi connectivity index (χ2n) is 5.37. The largest absolute Gasteiger partial charge is 0.373 e. The van der Waals surface area contributed by atoms with Crippen LogP contribution in [0.1, 0.15) is 5.56 Å². The van der Waals surface area contributed by atoms with Crippen molar-refractivity contribution in [1.29, 1.82) is 0 Å². The normalized spacial score (nSPS) is 12.7. The third kappa shape index (κ3) is 3.81. The number of amidine groups is 1. The molecule has 0 aromatic heterocycles. The quantitative estimate of drug-likeness (QED) is 0.340. The van der Waals surface area contributed by atoms with Gasteiger partial charge in [-0.15, -0.1) is 10.2 Å². The highest BCUT2D eigenvalue weighted by molar-refractivity contribution is 5.93. The Morgan fingerprint density at radius 1 is 0.692 bits per heavy atom. The fourth-order valence-corrected chi connectivity index (χ4v) is 2.60. The lowest BCUT2D eigenvalue weighted by Gasteiger charge is -2.23. The molecule has 0 atom stereocenters. The molecule has 2 N–H and O–H groups in total. The first-order valence-corrected chi connectivity index (χ1v) is 8.00. The average molecular weight is 343 g/mol. The van der Waals surface area contributed by atoms with Crippen molar-refractivity contribution in [3.8, 4) is 0 Å². The van der Waals surface area contributed by atoms with E-state index in [1.807, 2.05) is 59.7 Å². The van der Waals surface area contributed by atoms with Crippen LogP contribution in [0.3, 0.4) is 0 Å². The molecule has 7 heteroatoms. The van der Waals surface area contributed by atoms with Gasteiger partial charge in [0.1, 0.15) is 5.69 Å². The number of rotatable bonds is 3. The molecule has 26 heavy (non-hydrogen) atoms. The van der Waals surface area contributed by atoms with E-state index in [0.717, 1.165) is 22.8 Å². The van der Waals surface area contributed by atoms with E-state index in [0.29, 0.717) is 0 Å². The first-order chi connectivity index (χ1) is 12.8. The highest BCUT2D eigenvalue weighted by Gasteiger charge is 2.30. The molecular formula is C19H17N7. The predicted octanol–water partition coefficient (Wildman–Crippen LogP) is 3.63. The van der Waals surface area contributed by atoms with Gasteiger partial charge in [-0.3, -0.25) is 4.91 Å². The minimum absolute atomic E-state index is 0.943. The lowest BCUT2D eigenvalue weighted by molar-refractivity contribution is -0.545. The van der Waals surface area contributed by atoms with Gasteiger partial charge < -0.3 is 11.1 Å². The van der Waals surface area contributed by atoms with Gasteiger partial charge in [-0.25, -0.2) is 0 Å². The molecule has 1 aliphatic rings. The zero-order valence-corrected chi connectivity index (χ0v) is 13.9. The van der Waals surface area contributed by atoms with Crippen LogP contribution in [-0.2, 0) is 0 Å². The van der Waals surface area contributed by atoms with Crippen LogP contribution in [0.15, 0.2) is 96.1 Å². The van der Waals surface area contributed by atoms with Gasteiger partial charge in [0.15, 0.2) is 0 Å². The van der Waals surface area contributed by atoms with Crippen LogP contribution in [0.4, 0.5) is 11.4 Å². The summed E-state index contributed by atoms with van der Waals surface area (Å²) < 4.78 is 0. The smallest absolute Gasteiger partial charge is 0.277 e. The zero-order chi connectivity index (χ0) is 18.2. The van der Waals surface area contributed by atoms with Gasteiger partial charge in [0.2, 0.25) is 0 Å². The zero-order valence-electron chi connectivity index (χ0n) is 13.9. The predicted molar refractivity (Wildman–Crippen MR) is 103 cm³/mol. The first kappa shape index (κ1) is 17.0. The average Bonchev–Trinajstić information content (AvgIpc) is 3.16. The third-order valence-electron chi connectivity index (χ3n) is 3.73. The minimum Gasteiger partial charge on any atom is -0.373 e. The van der Waals surface area contributed by atoms with Crippen LogP contribution >= 0.6 is 0 Å². The summed E-state index contributed by atoms with van der Waals surface area (Å²) >= 11 is 0. The number of hydrogen-bond acceptors (Lipinski definition) is 3. The Bertz CT molecular complexity index is 889. The number of quaternary nitrogens is 1. The summed E-state index contributed by atoms with van der Waals surface area (Å²) in [6.07, 6.45) is 0. The molecule has 128 valence electrons. The highest BCUT2D eigenvalue weighted by atomic mass is 15.9. The van der Waals surface area contributed by atoms with E-state index in [1.54, 1.807) is 0 Å². The van der Waals surface area contributed by atoms with E-state index < -0.39 is 0 Å². The van der Waals surface area contributed by atoms with Gasteiger partial charge >= 0.3 is 0 Å². The molecule has 1 aliphatic heterocycles. The van der Waals surface area contributed by atoms with E-state index in [1.165, 1.54) is 4.91 Å². The van der Waals surface area contributed by atoms with Crippen molar-refractivity contribution >= 4 is 17.2 Å². The van der Waals surface area contributed by atoms with Gasteiger partial charge in [-0.05, 0) is 36.4 Å². The molecule has 0 bridgehead atoms. The molecule has 0 radical (unpaired) electrons. The fourth-order valence-electron chi connectivity index (χ4n) is 2.60. The van der Waals surface area contributed by atoms with E-state index in [-0.39, 0.29) is 0 Å². The van der Waals surface area contributed by atoms with Crippen molar-refractivity contribution in [3.05, 3.63) is 113 Å². The molecule has 0 amide bonds. The second kappa shape index (κ2) is 8.34. The maximum atomic E-state index is 6.75. The van der Waals surface area contributed by atoms with E-state index in [9.17, 15) is 0 Å². The summed E-state index contributed by atoms with van der Waals surface area (Å²) in [5.41, 5.74) is 18.8. The number of nitrogens with zero attached hydrogens (tertiary/aromatic N) is 6. The van der Waals surface area contributed by atoms with Gasteiger partial charge in [0, 0.05) is 0 Å². The molecule has 0 fully saturated rings. The molecule has 0 unspecified atom stereocenters. The Morgan fingerprint density at radius 3 is 1.69 bits per heavy atom. The van der Waals surface area contributed by atoms with Crippen LogP contribution in [0.25, 0.3) is 16.0 Å². The van der Waals surface area contributed by atoms with Gasteiger partial charge in [0.05, 0.1) is 11.3 Å². The SMILES string of the molecule is [N-]=[N+]=[N-].c1ccc(C2=NN(c3ccccc3)N(c3ccccc3)[NH2+]2)cc1. The number of anilines is 2. The van der Waals surface area contributed by atoms with Gasteiger partial charge in [-0.1, -0.05) is 59.7 Å². The van der Waals surface area contributed by atoms with Gasteiger partial charge in [0.25, 0.3) is 5.84 Å². The third-order valence-corrected chi connectivity index (χ3v) is 3.73. The molecule has 0 spiro atoms. The molecule has 4 rings (SSSR count). The van der Waals surface area contributed by atoms with Crippen molar-refractivity contribution in [3.63, 3.8) is 0 Å². The Hall–Kier alpha value is -3.80. The van der Waals surface area contributed by atoms with Gasteiger partial charge in [-0.2, -0.15) is 5.43 Å². The Balaban J connectivity index is 0.000000613. The summed E-state index contributed by atoms with van der Waals surface area (Å²) in [5, 5.41) is 8.80. The number of benzene rings is 3. The second-order valence-corrected chi connectivity index (χ2v) is 5.37. The van der Waals surface area contributed by atoms with Crippen molar-refractivity contribution in [2.75, 3.05) is 10.2 Å². The van der Waals surface area contributed by atoms with E-state index >= 15 is 0 Å². The summed E-state index contributed by atoms with van der Waals surface area (Å²) in [4.78, 5) is 1.50. The Morgan fingerprint density at radius 2 is 1.15 bits per heavy atom. The molecule has 0 saturated heterocycles. The van der Waals surface area contributed by atoms with Crippen molar-refractivity contribution < 1.29 is 5.43 Å².